The van der Waals surface area contributed by atoms with E-state index in [2.05, 4.69) is 25.6 Å². The predicted molar refractivity (Wildman–Crippen MR) is 106 cm³/mol. The van der Waals surface area contributed by atoms with Gasteiger partial charge in [-0.05, 0) is 13.0 Å². The van der Waals surface area contributed by atoms with Crippen LogP contribution in [0.2, 0.25) is 5.15 Å². The van der Waals surface area contributed by atoms with Crippen LogP contribution in [-0.4, -0.2) is 45.0 Å². The van der Waals surface area contributed by atoms with Gasteiger partial charge in [-0.3, -0.25) is 9.48 Å². The van der Waals surface area contributed by atoms with Crippen molar-refractivity contribution < 1.29 is 13.6 Å². The summed E-state index contributed by atoms with van der Waals surface area (Å²) in [5.74, 6) is 0.0635. The van der Waals surface area contributed by atoms with Gasteiger partial charge in [0.05, 0.1) is 30.6 Å². The average Bonchev–Trinajstić information content (AvgIpc) is 3.00. The Bertz CT molecular complexity index is 1120. The molecular formula is C18H20ClN7O2. The first-order chi connectivity index (χ1) is 14.6. The molecule has 0 saturated carbocycles. The van der Waals surface area contributed by atoms with Crippen LogP contribution in [0.25, 0.3) is 11.1 Å². The Morgan fingerprint density at radius 1 is 1.39 bits per heavy atom. The Kier molecular flexibility index (Phi) is 4.64. The second-order valence-corrected chi connectivity index (χ2v) is 6.31. The largest absolute Gasteiger partial charge is 0.492 e. The summed E-state index contributed by atoms with van der Waals surface area (Å²) in [6.07, 6.45) is 3.14. The highest BCUT2D eigenvalue weighted by Gasteiger charge is 2.18. The number of hydrogen-bond donors (Lipinski definition) is 2. The minimum absolute atomic E-state index is 0.0840. The lowest BCUT2D eigenvalue weighted by atomic mass is 10.1. The van der Waals surface area contributed by atoms with Gasteiger partial charge >= 0.3 is 0 Å². The molecule has 28 heavy (non-hydrogen) atoms. The van der Waals surface area contributed by atoms with Gasteiger partial charge in [0.25, 0.3) is 0 Å². The molecule has 3 heterocycles. The van der Waals surface area contributed by atoms with Crippen LogP contribution in [0.1, 0.15) is 15.5 Å². The molecule has 0 aliphatic carbocycles. The Hall–Kier alpha value is -3.20. The number of hydrogen-bond acceptors (Lipinski definition) is 7. The van der Waals surface area contributed by atoms with E-state index in [1.807, 2.05) is 25.5 Å². The Morgan fingerprint density at radius 2 is 2.21 bits per heavy atom. The summed E-state index contributed by atoms with van der Waals surface area (Å²) < 4.78 is 28.8. The lowest BCUT2D eigenvalue weighted by molar-refractivity contribution is -0.120. The third-order valence-corrected chi connectivity index (χ3v) is 4.16. The van der Waals surface area contributed by atoms with Crippen LogP contribution in [0.15, 0.2) is 24.5 Å². The van der Waals surface area contributed by atoms with Crippen LogP contribution in [0.4, 0.5) is 11.5 Å². The SMILES string of the molecule is [2H]C([2H])([2H])NC(=O)Cc1nnc(Cl)cc1Nc1nccc(-c2cn(C)nc2C)c1OC. The Balaban J connectivity index is 1.97. The van der Waals surface area contributed by atoms with Crippen LogP contribution in [0.5, 0.6) is 5.75 Å². The molecule has 146 valence electrons. The molecule has 9 nitrogen and oxygen atoms in total. The molecule has 0 aromatic carbocycles. The standard InChI is InChI=1S/C18H20ClN7O2/c1-10-12(9-26(3)25-10)11-5-6-21-18(17(11)28-4)22-13-7-15(19)24-23-14(13)8-16(27)20-2/h5-7,9H,8H2,1-4H3,(H,20,27)(H,21,22,24)/i2D3. The van der Waals surface area contributed by atoms with Crippen molar-refractivity contribution in [1.29, 1.82) is 0 Å². The van der Waals surface area contributed by atoms with E-state index in [1.54, 1.807) is 16.9 Å². The van der Waals surface area contributed by atoms with Crippen molar-refractivity contribution in [3.8, 4) is 16.9 Å². The zero-order chi connectivity index (χ0) is 22.8. The first kappa shape index (κ1) is 15.8. The number of anilines is 2. The second-order valence-electron chi connectivity index (χ2n) is 5.92. The molecule has 3 rings (SSSR count). The number of carbonyl (C=O) groups is 1. The number of ether oxygens (including phenoxy) is 1. The normalized spacial score (nSPS) is 12.6. The molecule has 3 aromatic heterocycles. The molecule has 0 aliphatic rings. The highest BCUT2D eigenvalue weighted by Crippen LogP contribution is 2.37. The topological polar surface area (TPSA) is 107 Å². The van der Waals surface area contributed by atoms with Gasteiger partial charge < -0.3 is 15.4 Å². The summed E-state index contributed by atoms with van der Waals surface area (Å²) in [5.41, 5.74) is 2.98. The van der Waals surface area contributed by atoms with E-state index in [9.17, 15) is 4.79 Å². The lowest BCUT2D eigenvalue weighted by Crippen LogP contribution is -2.21. The summed E-state index contributed by atoms with van der Waals surface area (Å²) in [6, 6.07) is 3.27. The molecule has 2 N–H and O–H groups in total. The van der Waals surface area contributed by atoms with Gasteiger partial charge in [-0.1, -0.05) is 11.6 Å². The number of halogens is 1. The van der Waals surface area contributed by atoms with Crippen molar-refractivity contribution in [1.82, 2.24) is 30.3 Å². The predicted octanol–water partition coefficient (Wildman–Crippen LogP) is 2.27. The molecule has 0 atom stereocenters. The smallest absolute Gasteiger partial charge is 0.225 e. The monoisotopic (exact) mass is 404 g/mol. The summed E-state index contributed by atoms with van der Waals surface area (Å²) in [7, 11) is 3.34. The molecule has 0 fully saturated rings. The molecule has 0 aliphatic heterocycles. The van der Waals surface area contributed by atoms with Crippen LogP contribution in [0, 0.1) is 6.92 Å². The minimum Gasteiger partial charge on any atom is -0.492 e. The number of aromatic nitrogens is 5. The molecule has 1 amide bonds. The van der Waals surface area contributed by atoms with E-state index < -0.39 is 12.9 Å². The number of nitrogens with one attached hydrogen (secondary N) is 2. The molecule has 10 heteroatoms. The summed E-state index contributed by atoms with van der Waals surface area (Å²) in [5, 5.41) is 17.1. The van der Waals surface area contributed by atoms with Gasteiger partial charge in [0.2, 0.25) is 5.91 Å². The zero-order valence-electron chi connectivity index (χ0n) is 18.4. The molecule has 0 bridgehead atoms. The number of carbonyl (C=O) groups excluding carboxylic acids is 1. The molecule has 0 radical (unpaired) electrons. The number of likely N-dealkylation sites (N-methyl/N-ethyl adjacent to an activating group) is 1. The number of methoxy groups -OCH3 is 1. The highest BCUT2D eigenvalue weighted by atomic mass is 35.5. The Labute approximate surface area is 171 Å². The molecule has 0 saturated heterocycles. The molecule has 0 spiro atoms. The average molecular weight is 405 g/mol. The minimum atomic E-state index is -2.61. The first-order valence-corrected chi connectivity index (χ1v) is 8.59. The van der Waals surface area contributed by atoms with Crippen molar-refractivity contribution in [3.05, 3.63) is 41.1 Å². The van der Waals surface area contributed by atoms with Gasteiger partial charge in [-0.15, -0.1) is 5.10 Å². The van der Waals surface area contributed by atoms with E-state index in [4.69, 9.17) is 20.5 Å². The maximum Gasteiger partial charge on any atom is 0.225 e. The van der Waals surface area contributed by atoms with Crippen LogP contribution in [-0.2, 0) is 18.3 Å². The van der Waals surface area contributed by atoms with Gasteiger partial charge in [0.15, 0.2) is 16.7 Å². The van der Waals surface area contributed by atoms with Crippen molar-refractivity contribution in [2.24, 2.45) is 7.05 Å². The number of nitrogens with zero attached hydrogens (tertiary/aromatic N) is 5. The van der Waals surface area contributed by atoms with E-state index >= 15 is 0 Å². The fourth-order valence-electron chi connectivity index (χ4n) is 2.78. The molecule has 0 unspecified atom stereocenters. The maximum atomic E-state index is 12.1. The third-order valence-electron chi connectivity index (χ3n) is 3.97. The van der Waals surface area contributed by atoms with E-state index in [-0.39, 0.29) is 17.3 Å². The number of rotatable bonds is 6. The van der Waals surface area contributed by atoms with Gasteiger partial charge in [0.1, 0.15) is 0 Å². The number of amides is 1. The molecular weight excluding hydrogens is 382 g/mol. The summed E-state index contributed by atoms with van der Waals surface area (Å²) in [6.45, 7) is -0.721. The van der Waals surface area contributed by atoms with Crippen molar-refractivity contribution in [3.63, 3.8) is 0 Å². The third kappa shape index (κ3) is 4.04. The highest BCUT2D eigenvalue weighted by molar-refractivity contribution is 6.29. The van der Waals surface area contributed by atoms with E-state index in [0.717, 1.165) is 16.8 Å². The van der Waals surface area contributed by atoms with Crippen molar-refractivity contribution >= 4 is 29.0 Å². The first-order valence-electron chi connectivity index (χ1n) is 9.71. The quantitative estimate of drug-likeness (QED) is 0.648. The summed E-state index contributed by atoms with van der Waals surface area (Å²) in [4.78, 5) is 16.4. The molecule has 3 aromatic rings. The van der Waals surface area contributed by atoms with Gasteiger partial charge in [0, 0.05) is 47.7 Å². The fourth-order valence-corrected chi connectivity index (χ4v) is 2.92. The van der Waals surface area contributed by atoms with Crippen molar-refractivity contribution in [2.45, 2.75) is 13.3 Å². The lowest BCUT2D eigenvalue weighted by Gasteiger charge is -2.15. The second kappa shape index (κ2) is 8.22. The van der Waals surface area contributed by atoms with Crippen molar-refractivity contribution in [2.75, 3.05) is 19.4 Å². The van der Waals surface area contributed by atoms with E-state index in [1.165, 1.54) is 13.2 Å². The summed E-state index contributed by atoms with van der Waals surface area (Å²) >= 11 is 5.98. The Morgan fingerprint density at radius 3 is 2.89 bits per heavy atom. The van der Waals surface area contributed by atoms with Crippen LogP contribution >= 0.6 is 11.6 Å². The maximum absolute atomic E-state index is 12.1. The zero-order valence-corrected chi connectivity index (χ0v) is 16.2. The van der Waals surface area contributed by atoms with Gasteiger partial charge in [-0.25, -0.2) is 4.98 Å². The van der Waals surface area contributed by atoms with Gasteiger partial charge in [-0.2, -0.15) is 10.2 Å². The van der Waals surface area contributed by atoms with E-state index in [0.29, 0.717) is 17.3 Å². The fraction of sp³-hybridized carbons (Fsp3) is 0.278. The van der Waals surface area contributed by atoms with Crippen LogP contribution < -0.4 is 15.4 Å². The number of pyridine rings is 1. The van der Waals surface area contributed by atoms with Crippen LogP contribution in [0.3, 0.4) is 0 Å². The number of aryl methyl sites for hydroxylation is 2.